The average Bonchev–Trinajstić information content (AvgIpc) is 2.49. The zero-order valence-corrected chi connectivity index (χ0v) is 8.06. The molecular formula is C10H11NS. The van der Waals surface area contributed by atoms with Gasteiger partial charge in [-0.05, 0) is 23.6 Å². The number of thiazole rings is 1. The van der Waals surface area contributed by atoms with Gasteiger partial charge in [-0.25, -0.2) is 4.98 Å². The van der Waals surface area contributed by atoms with Crippen LogP contribution < -0.4 is 0 Å². The van der Waals surface area contributed by atoms with E-state index in [2.05, 4.69) is 37.0 Å². The molecule has 1 nitrogen and oxygen atoms in total. The van der Waals surface area contributed by atoms with E-state index in [0.717, 1.165) is 5.52 Å². The molecule has 1 aromatic carbocycles. The van der Waals surface area contributed by atoms with Gasteiger partial charge in [0.25, 0.3) is 0 Å². The first-order valence-electron chi connectivity index (χ1n) is 4.10. The molecule has 0 aliphatic rings. The maximum atomic E-state index is 4.28. The summed E-state index contributed by atoms with van der Waals surface area (Å²) in [6, 6.07) is 6.52. The first-order chi connectivity index (χ1) is 5.77. The normalized spacial score (nSPS) is 11.2. The molecule has 1 heterocycles. The van der Waals surface area contributed by atoms with Gasteiger partial charge in [-0.3, -0.25) is 0 Å². The summed E-state index contributed by atoms with van der Waals surface area (Å²) < 4.78 is 1.28. The maximum absolute atomic E-state index is 4.28. The first kappa shape index (κ1) is 7.74. The van der Waals surface area contributed by atoms with Gasteiger partial charge in [0.15, 0.2) is 0 Å². The molecule has 0 saturated heterocycles. The smallest absolute Gasteiger partial charge is 0.0814 e. The van der Waals surface area contributed by atoms with Gasteiger partial charge in [0.2, 0.25) is 0 Å². The molecule has 0 aliphatic carbocycles. The van der Waals surface area contributed by atoms with Gasteiger partial charge in [0, 0.05) is 0 Å². The van der Waals surface area contributed by atoms with Crippen LogP contribution in [0.15, 0.2) is 23.7 Å². The Morgan fingerprint density at radius 3 is 2.92 bits per heavy atom. The summed E-state index contributed by atoms with van der Waals surface area (Å²) in [5.74, 6) is 0.594. The predicted octanol–water partition coefficient (Wildman–Crippen LogP) is 3.42. The van der Waals surface area contributed by atoms with Gasteiger partial charge >= 0.3 is 0 Å². The summed E-state index contributed by atoms with van der Waals surface area (Å²) in [6.07, 6.45) is 0. The molecule has 0 spiro atoms. The molecule has 12 heavy (non-hydrogen) atoms. The summed E-state index contributed by atoms with van der Waals surface area (Å²) in [6.45, 7) is 4.40. The Morgan fingerprint density at radius 2 is 2.17 bits per heavy atom. The lowest BCUT2D eigenvalue weighted by Gasteiger charge is -2.03. The van der Waals surface area contributed by atoms with Crippen LogP contribution in [0, 0.1) is 0 Å². The van der Waals surface area contributed by atoms with E-state index in [0.29, 0.717) is 5.92 Å². The molecule has 0 unspecified atom stereocenters. The van der Waals surface area contributed by atoms with Crippen LogP contribution in [0.25, 0.3) is 10.2 Å². The Kier molecular flexibility index (Phi) is 1.85. The third kappa shape index (κ3) is 1.23. The second-order valence-corrected chi connectivity index (χ2v) is 4.12. The first-order valence-corrected chi connectivity index (χ1v) is 4.98. The van der Waals surface area contributed by atoms with Gasteiger partial charge in [-0.1, -0.05) is 19.9 Å². The molecule has 0 saturated carbocycles. The van der Waals surface area contributed by atoms with E-state index in [9.17, 15) is 0 Å². The highest BCUT2D eigenvalue weighted by molar-refractivity contribution is 7.16. The monoisotopic (exact) mass is 177 g/mol. The minimum atomic E-state index is 0.594. The van der Waals surface area contributed by atoms with Gasteiger partial charge in [0.1, 0.15) is 0 Å². The fraction of sp³-hybridized carbons (Fsp3) is 0.300. The lowest BCUT2D eigenvalue weighted by molar-refractivity contribution is 0.868. The predicted molar refractivity (Wildman–Crippen MR) is 53.7 cm³/mol. The van der Waals surface area contributed by atoms with Gasteiger partial charge in [-0.15, -0.1) is 11.3 Å². The molecule has 2 heteroatoms. The van der Waals surface area contributed by atoms with Gasteiger partial charge in [0.05, 0.1) is 15.7 Å². The molecule has 0 atom stereocenters. The Morgan fingerprint density at radius 1 is 1.33 bits per heavy atom. The van der Waals surface area contributed by atoms with Crippen LogP contribution in [0.1, 0.15) is 25.3 Å². The van der Waals surface area contributed by atoms with Crippen molar-refractivity contribution >= 4 is 21.6 Å². The number of hydrogen-bond donors (Lipinski definition) is 0. The van der Waals surface area contributed by atoms with E-state index in [1.807, 2.05) is 5.51 Å². The van der Waals surface area contributed by atoms with Crippen LogP contribution in [0.3, 0.4) is 0 Å². The van der Waals surface area contributed by atoms with Crippen molar-refractivity contribution in [3.05, 3.63) is 29.3 Å². The van der Waals surface area contributed by atoms with Gasteiger partial charge in [-0.2, -0.15) is 0 Å². The standard InChI is InChI=1S/C10H11NS/c1-7(2)8-3-4-10-9(5-8)11-6-12-10/h3-7H,1-2H3. The maximum Gasteiger partial charge on any atom is 0.0814 e. The van der Waals surface area contributed by atoms with Crippen LogP contribution in [-0.4, -0.2) is 4.98 Å². The molecule has 0 fully saturated rings. The second kappa shape index (κ2) is 2.87. The summed E-state index contributed by atoms with van der Waals surface area (Å²) in [5, 5.41) is 0. The van der Waals surface area contributed by atoms with Gasteiger partial charge < -0.3 is 0 Å². The topological polar surface area (TPSA) is 12.9 Å². The quantitative estimate of drug-likeness (QED) is 0.650. The van der Waals surface area contributed by atoms with Crippen LogP contribution in [-0.2, 0) is 0 Å². The Balaban J connectivity index is 2.60. The summed E-state index contributed by atoms with van der Waals surface area (Å²) in [7, 11) is 0. The highest BCUT2D eigenvalue weighted by Crippen LogP contribution is 2.22. The van der Waals surface area contributed by atoms with Crippen LogP contribution in [0.2, 0.25) is 0 Å². The third-order valence-electron chi connectivity index (χ3n) is 2.02. The number of rotatable bonds is 1. The minimum absolute atomic E-state index is 0.594. The van der Waals surface area contributed by atoms with E-state index in [-0.39, 0.29) is 0 Å². The minimum Gasteiger partial charge on any atom is -0.245 e. The molecule has 0 aliphatic heterocycles. The third-order valence-corrected chi connectivity index (χ3v) is 2.83. The van der Waals surface area contributed by atoms with Crippen molar-refractivity contribution in [2.45, 2.75) is 19.8 Å². The number of hydrogen-bond acceptors (Lipinski definition) is 2. The number of nitrogens with zero attached hydrogens (tertiary/aromatic N) is 1. The zero-order valence-electron chi connectivity index (χ0n) is 7.24. The van der Waals surface area contributed by atoms with Crippen molar-refractivity contribution in [3.63, 3.8) is 0 Å². The molecular weight excluding hydrogens is 166 g/mol. The highest BCUT2D eigenvalue weighted by Gasteiger charge is 2.01. The van der Waals surface area contributed by atoms with Crippen LogP contribution in [0.4, 0.5) is 0 Å². The summed E-state index contributed by atoms with van der Waals surface area (Å²) >= 11 is 1.70. The zero-order chi connectivity index (χ0) is 8.55. The van der Waals surface area contributed by atoms with Crippen molar-refractivity contribution in [3.8, 4) is 0 Å². The lowest BCUT2D eigenvalue weighted by Crippen LogP contribution is -1.85. The molecule has 0 bridgehead atoms. The molecule has 0 N–H and O–H groups in total. The number of aromatic nitrogens is 1. The van der Waals surface area contributed by atoms with Crippen LogP contribution in [0.5, 0.6) is 0 Å². The molecule has 2 rings (SSSR count). The molecule has 62 valence electrons. The van der Waals surface area contributed by atoms with E-state index in [1.165, 1.54) is 10.3 Å². The van der Waals surface area contributed by atoms with E-state index < -0.39 is 0 Å². The summed E-state index contributed by atoms with van der Waals surface area (Å²) in [5.41, 5.74) is 4.40. The Labute approximate surface area is 76.1 Å². The SMILES string of the molecule is CC(C)c1ccc2scnc2c1. The largest absolute Gasteiger partial charge is 0.245 e. The van der Waals surface area contributed by atoms with Crippen molar-refractivity contribution < 1.29 is 0 Å². The van der Waals surface area contributed by atoms with Crippen molar-refractivity contribution in [1.29, 1.82) is 0 Å². The highest BCUT2D eigenvalue weighted by atomic mass is 32.1. The average molecular weight is 177 g/mol. The van der Waals surface area contributed by atoms with E-state index in [4.69, 9.17) is 0 Å². The number of fused-ring (bicyclic) bond motifs is 1. The van der Waals surface area contributed by atoms with Crippen molar-refractivity contribution in [1.82, 2.24) is 4.98 Å². The van der Waals surface area contributed by atoms with E-state index in [1.54, 1.807) is 11.3 Å². The molecule has 2 aromatic rings. The molecule has 0 radical (unpaired) electrons. The molecule has 0 amide bonds. The second-order valence-electron chi connectivity index (χ2n) is 3.23. The summed E-state index contributed by atoms with van der Waals surface area (Å²) in [4.78, 5) is 4.28. The Hall–Kier alpha value is -0.890. The van der Waals surface area contributed by atoms with E-state index >= 15 is 0 Å². The Bertz CT molecular complexity index is 389. The fourth-order valence-corrected chi connectivity index (χ4v) is 1.89. The van der Waals surface area contributed by atoms with Crippen LogP contribution >= 0.6 is 11.3 Å². The lowest BCUT2D eigenvalue weighted by atomic mass is 10.0. The van der Waals surface area contributed by atoms with Crippen molar-refractivity contribution in [2.75, 3.05) is 0 Å². The number of benzene rings is 1. The molecule has 1 aromatic heterocycles. The fourth-order valence-electron chi connectivity index (χ4n) is 1.23. The van der Waals surface area contributed by atoms with Crippen molar-refractivity contribution in [2.24, 2.45) is 0 Å².